The molecule has 1 saturated heterocycles. The highest BCUT2D eigenvalue weighted by Gasteiger charge is 2.30. The molecule has 0 radical (unpaired) electrons. The fourth-order valence-electron chi connectivity index (χ4n) is 2.96. The smallest absolute Gasteiger partial charge is 0.242 e. The number of rotatable bonds is 6. The number of amides is 1. The number of carbonyl (C=O) groups excluding carboxylic acids is 1. The molecule has 3 heterocycles. The van der Waals surface area contributed by atoms with Crippen LogP contribution in [0.25, 0.3) is 0 Å². The van der Waals surface area contributed by atoms with Gasteiger partial charge < -0.3 is 14.8 Å². The molecule has 1 atom stereocenters. The molecule has 0 aromatic carbocycles. The average Bonchev–Trinajstić information content (AvgIpc) is 3.08. The Morgan fingerprint density at radius 1 is 1.36 bits per heavy atom. The zero-order valence-corrected chi connectivity index (χ0v) is 17.8. The first-order valence-corrected chi connectivity index (χ1v) is 9.84. The molecule has 1 aliphatic rings. The third-order valence-corrected chi connectivity index (χ3v) is 5.74. The number of aryl methyl sites for hydroxylation is 1. The van der Waals surface area contributed by atoms with Crippen LogP contribution >= 0.6 is 24.8 Å². The van der Waals surface area contributed by atoms with Crippen molar-refractivity contribution in [1.29, 1.82) is 0 Å². The van der Waals surface area contributed by atoms with Crippen LogP contribution in [-0.2, 0) is 21.9 Å². The number of pyridine rings is 1. The second-order valence-corrected chi connectivity index (χ2v) is 7.81. The van der Waals surface area contributed by atoms with E-state index in [1.54, 1.807) is 17.2 Å². The summed E-state index contributed by atoms with van der Waals surface area (Å²) in [6.07, 6.45) is 6.41. The van der Waals surface area contributed by atoms with E-state index in [0.29, 0.717) is 19.6 Å². The number of hydrogen-bond donors (Lipinski definition) is 2. The fraction of sp³-hybridized carbons (Fsp3) is 0.438. The topological polar surface area (TPSA) is 109 Å². The van der Waals surface area contributed by atoms with Crippen molar-refractivity contribution < 1.29 is 13.2 Å². The molecule has 1 amide bonds. The van der Waals surface area contributed by atoms with Gasteiger partial charge in [0.15, 0.2) is 0 Å². The Morgan fingerprint density at radius 2 is 2.14 bits per heavy atom. The zero-order chi connectivity index (χ0) is 18.6. The van der Waals surface area contributed by atoms with Crippen LogP contribution in [0.3, 0.4) is 0 Å². The second-order valence-electron chi connectivity index (χ2n) is 6.04. The number of imidazole rings is 1. The summed E-state index contributed by atoms with van der Waals surface area (Å²) >= 11 is 0. The van der Waals surface area contributed by atoms with E-state index in [2.05, 4.69) is 20.0 Å². The standard InChI is InChI=1S/C16H22N6O3S.2ClH/c1-21-9-8-19-16(21)14-12-18-7-10-22(14)15(23)4-6-20-26(24,25)13-3-2-5-17-11-13;;/h2-3,5,8-9,11,14,18,20H,4,6-7,10,12H2,1H3;2*1H. The number of sulfonamides is 1. The van der Waals surface area contributed by atoms with Crippen molar-refractivity contribution in [2.75, 3.05) is 26.2 Å². The molecule has 1 unspecified atom stereocenters. The molecule has 28 heavy (non-hydrogen) atoms. The summed E-state index contributed by atoms with van der Waals surface area (Å²) < 4.78 is 28.7. The number of hydrogen-bond acceptors (Lipinski definition) is 6. The van der Waals surface area contributed by atoms with Crippen molar-refractivity contribution in [1.82, 2.24) is 29.5 Å². The molecular formula is C16H24Cl2N6O3S. The Balaban J connectivity index is 0.00000196. The minimum Gasteiger partial charge on any atom is -0.336 e. The molecular weight excluding hydrogens is 427 g/mol. The van der Waals surface area contributed by atoms with Gasteiger partial charge in [0.2, 0.25) is 15.9 Å². The van der Waals surface area contributed by atoms with Crippen LogP contribution in [0.15, 0.2) is 41.8 Å². The van der Waals surface area contributed by atoms with Crippen LogP contribution < -0.4 is 10.0 Å². The molecule has 3 rings (SSSR count). The van der Waals surface area contributed by atoms with Crippen LogP contribution in [0.4, 0.5) is 0 Å². The summed E-state index contributed by atoms with van der Waals surface area (Å²) in [5, 5.41) is 3.27. The van der Waals surface area contributed by atoms with E-state index in [9.17, 15) is 13.2 Å². The molecule has 1 fully saturated rings. The van der Waals surface area contributed by atoms with Gasteiger partial charge in [0, 0.05) is 64.4 Å². The van der Waals surface area contributed by atoms with Crippen molar-refractivity contribution in [3.63, 3.8) is 0 Å². The normalized spacial score (nSPS) is 16.8. The maximum absolute atomic E-state index is 12.7. The lowest BCUT2D eigenvalue weighted by molar-refractivity contribution is -0.134. The molecule has 2 aromatic rings. The summed E-state index contributed by atoms with van der Waals surface area (Å²) in [5.74, 6) is 0.704. The number of halogens is 2. The fourth-order valence-corrected chi connectivity index (χ4v) is 3.95. The van der Waals surface area contributed by atoms with E-state index >= 15 is 0 Å². The first-order valence-electron chi connectivity index (χ1n) is 8.36. The molecule has 9 nitrogen and oxygen atoms in total. The van der Waals surface area contributed by atoms with Crippen LogP contribution in [-0.4, -0.2) is 59.9 Å². The Morgan fingerprint density at radius 3 is 2.79 bits per heavy atom. The van der Waals surface area contributed by atoms with E-state index < -0.39 is 10.0 Å². The van der Waals surface area contributed by atoms with Gasteiger partial charge in [-0.15, -0.1) is 24.8 Å². The lowest BCUT2D eigenvalue weighted by Crippen LogP contribution is -2.50. The molecule has 156 valence electrons. The van der Waals surface area contributed by atoms with Crippen LogP contribution in [0.1, 0.15) is 18.3 Å². The molecule has 2 N–H and O–H groups in total. The maximum Gasteiger partial charge on any atom is 0.242 e. The summed E-state index contributed by atoms with van der Waals surface area (Å²) in [5.41, 5.74) is 0. The number of carbonyl (C=O) groups is 1. The maximum atomic E-state index is 12.7. The number of aromatic nitrogens is 3. The summed E-state index contributed by atoms with van der Waals surface area (Å²) in [4.78, 5) is 22.6. The van der Waals surface area contributed by atoms with Gasteiger partial charge in [0.05, 0.1) is 0 Å². The second kappa shape index (κ2) is 10.7. The number of nitrogens with zero attached hydrogens (tertiary/aromatic N) is 4. The average molecular weight is 451 g/mol. The zero-order valence-electron chi connectivity index (χ0n) is 15.3. The first-order chi connectivity index (χ1) is 12.5. The SMILES string of the molecule is Cl.Cl.Cn1ccnc1C1CNCCN1C(=O)CCNS(=O)(=O)c1cccnc1. The molecule has 0 aliphatic carbocycles. The van der Waals surface area contributed by atoms with Crippen molar-refractivity contribution in [3.8, 4) is 0 Å². The Labute approximate surface area is 176 Å². The van der Waals surface area contributed by atoms with Gasteiger partial charge in [-0.1, -0.05) is 0 Å². The highest BCUT2D eigenvalue weighted by Crippen LogP contribution is 2.21. The van der Waals surface area contributed by atoms with E-state index in [4.69, 9.17) is 0 Å². The molecule has 0 saturated carbocycles. The van der Waals surface area contributed by atoms with Gasteiger partial charge in [-0.05, 0) is 12.1 Å². The van der Waals surface area contributed by atoms with Gasteiger partial charge in [0.25, 0.3) is 0 Å². The molecule has 0 spiro atoms. The Bertz CT molecular complexity index is 862. The molecule has 0 bridgehead atoms. The molecule has 1 aliphatic heterocycles. The van der Waals surface area contributed by atoms with E-state index in [1.165, 1.54) is 18.5 Å². The lowest BCUT2D eigenvalue weighted by atomic mass is 10.1. The molecule has 12 heteroatoms. The van der Waals surface area contributed by atoms with Crippen molar-refractivity contribution in [2.45, 2.75) is 17.4 Å². The lowest BCUT2D eigenvalue weighted by Gasteiger charge is -2.35. The van der Waals surface area contributed by atoms with Gasteiger partial charge in [-0.2, -0.15) is 0 Å². The van der Waals surface area contributed by atoms with Crippen molar-refractivity contribution >= 4 is 40.7 Å². The first kappa shape index (κ1) is 24.3. The number of nitrogens with one attached hydrogen (secondary N) is 2. The Kier molecular flexibility index (Phi) is 9.31. The minimum atomic E-state index is -3.66. The van der Waals surface area contributed by atoms with Crippen molar-refractivity contribution in [2.24, 2.45) is 7.05 Å². The summed E-state index contributed by atoms with van der Waals surface area (Å²) in [6, 6.07) is 2.86. The Hall–Kier alpha value is -1.72. The van der Waals surface area contributed by atoms with Gasteiger partial charge >= 0.3 is 0 Å². The monoisotopic (exact) mass is 450 g/mol. The third-order valence-electron chi connectivity index (χ3n) is 4.30. The van der Waals surface area contributed by atoms with Gasteiger partial charge in [-0.3, -0.25) is 9.78 Å². The highest BCUT2D eigenvalue weighted by atomic mass is 35.5. The summed E-state index contributed by atoms with van der Waals surface area (Å²) in [6.45, 7) is 1.92. The minimum absolute atomic E-state index is 0. The number of piperazine rings is 1. The predicted molar refractivity (Wildman–Crippen MR) is 109 cm³/mol. The van der Waals surface area contributed by atoms with E-state index in [0.717, 1.165) is 5.82 Å². The quantitative estimate of drug-likeness (QED) is 0.662. The summed E-state index contributed by atoms with van der Waals surface area (Å²) in [7, 11) is -1.77. The third kappa shape index (κ3) is 5.65. The van der Waals surface area contributed by atoms with Gasteiger partial charge in [-0.25, -0.2) is 18.1 Å². The van der Waals surface area contributed by atoms with Gasteiger partial charge in [0.1, 0.15) is 16.8 Å². The van der Waals surface area contributed by atoms with E-state index in [-0.39, 0.29) is 54.6 Å². The van der Waals surface area contributed by atoms with Crippen LogP contribution in [0.5, 0.6) is 0 Å². The largest absolute Gasteiger partial charge is 0.336 e. The van der Waals surface area contributed by atoms with Crippen LogP contribution in [0.2, 0.25) is 0 Å². The molecule has 2 aromatic heterocycles. The van der Waals surface area contributed by atoms with Crippen molar-refractivity contribution in [3.05, 3.63) is 42.7 Å². The highest BCUT2D eigenvalue weighted by molar-refractivity contribution is 7.89. The van der Waals surface area contributed by atoms with E-state index in [1.807, 2.05) is 17.8 Å². The predicted octanol–water partition coefficient (Wildman–Crippen LogP) is 0.500. The van der Waals surface area contributed by atoms with Crippen LogP contribution in [0, 0.1) is 0 Å².